The average Bonchev–Trinajstić information content (AvgIpc) is 3.12. The van der Waals surface area contributed by atoms with Crippen molar-refractivity contribution < 1.29 is 5.11 Å². The second kappa shape index (κ2) is 7.03. The van der Waals surface area contributed by atoms with E-state index in [1.54, 1.807) is 6.20 Å². The normalized spacial score (nSPS) is 17.8. The number of nitrogens with zero attached hydrogens (tertiary/aromatic N) is 3. The Balaban J connectivity index is 1.39. The van der Waals surface area contributed by atoms with Gasteiger partial charge in [-0.25, -0.2) is 4.98 Å². The fourth-order valence-corrected chi connectivity index (χ4v) is 4.15. The van der Waals surface area contributed by atoms with Crippen LogP contribution in [0.2, 0.25) is 0 Å². The van der Waals surface area contributed by atoms with Gasteiger partial charge in [0.2, 0.25) is 0 Å². The van der Waals surface area contributed by atoms with E-state index in [-0.39, 0.29) is 11.5 Å². The van der Waals surface area contributed by atoms with Crippen LogP contribution in [-0.4, -0.2) is 38.0 Å². The smallest absolute Gasteiger partial charge is 0.268 e. The maximum atomic E-state index is 12.1. The van der Waals surface area contributed by atoms with Gasteiger partial charge in [0.15, 0.2) is 0 Å². The first-order valence-electron chi connectivity index (χ1n) is 8.48. The maximum Gasteiger partial charge on any atom is 0.268 e. The summed E-state index contributed by atoms with van der Waals surface area (Å²) in [7, 11) is 0. The van der Waals surface area contributed by atoms with Crippen LogP contribution < -0.4 is 5.56 Å². The SMILES string of the molecule is O=c1[nH]c(CN2CCC([C@H](O)c3ccccn3)CC2)nc2ccsc12. The highest BCUT2D eigenvalue weighted by atomic mass is 32.1. The van der Waals surface area contributed by atoms with Gasteiger partial charge < -0.3 is 10.1 Å². The molecule has 1 saturated heterocycles. The van der Waals surface area contributed by atoms with Crippen molar-refractivity contribution >= 4 is 21.6 Å². The van der Waals surface area contributed by atoms with Gasteiger partial charge in [0, 0.05) is 6.20 Å². The topological polar surface area (TPSA) is 82.1 Å². The first kappa shape index (κ1) is 16.4. The zero-order valence-electron chi connectivity index (χ0n) is 13.8. The van der Waals surface area contributed by atoms with Crippen LogP contribution in [0.25, 0.3) is 10.2 Å². The number of aromatic nitrogens is 3. The molecule has 3 aromatic rings. The Kier molecular flexibility index (Phi) is 4.61. The molecule has 25 heavy (non-hydrogen) atoms. The summed E-state index contributed by atoms with van der Waals surface area (Å²) in [5, 5.41) is 12.4. The summed E-state index contributed by atoms with van der Waals surface area (Å²) in [5.74, 6) is 0.928. The van der Waals surface area contributed by atoms with Crippen LogP contribution >= 0.6 is 11.3 Å². The van der Waals surface area contributed by atoms with E-state index in [0.717, 1.165) is 37.1 Å². The summed E-state index contributed by atoms with van der Waals surface area (Å²) in [6.07, 6.45) is 3.02. The molecule has 1 fully saturated rings. The number of piperidine rings is 1. The molecule has 1 atom stereocenters. The lowest BCUT2D eigenvalue weighted by Crippen LogP contribution is -2.36. The van der Waals surface area contributed by atoms with Gasteiger partial charge in [-0.2, -0.15) is 0 Å². The van der Waals surface area contributed by atoms with Gasteiger partial charge in [-0.1, -0.05) is 6.07 Å². The fourth-order valence-electron chi connectivity index (χ4n) is 3.43. The molecule has 1 aliphatic rings. The number of aliphatic hydroxyl groups excluding tert-OH is 1. The van der Waals surface area contributed by atoms with Crippen molar-refractivity contribution in [2.45, 2.75) is 25.5 Å². The molecule has 6 nitrogen and oxygen atoms in total. The van der Waals surface area contributed by atoms with Crippen molar-refractivity contribution in [2.24, 2.45) is 5.92 Å². The molecular formula is C18H20N4O2S. The summed E-state index contributed by atoms with van der Waals surface area (Å²) < 4.78 is 0.681. The highest BCUT2D eigenvalue weighted by molar-refractivity contribution is 7.17. The van der Waals surface area contributed by atoms with Gasteiger partial charge >= 0.3 is 0 Å². The van der Waals surface area contributed by atoms with E-state index in [2.05, 4.69) is 19.9 Å². The van der Waals surface area contributed by atoms with E-state index in [4.69, 9.17) is 0 Å². The van der Waals surface area contributed by atoms with Crippen molar-refractivity contribution in [1.82, 2.24) is 19.9 Å². The molecule has 0 aromatic carbocycles. The third-order valence-corrected chi connectivity index (χ3v) is 5.71. The number of likely N-dealkylation sites (tertiary alicyclic amines) is 1. The number of pyridine rings is 1. The molecule has 4 heterocycles. The highest BCUT2D eigenvalue weighted by Gasteiger charge is 2.27. The molecular weight excluding hydrogens is 336 g/mol. The van der Waals surface area contributed by atoms with Gasteiger partial charge in [-0.3, -0.25) is 14.7 Å². The van der Waals surface area contributed by atoms with Crippen LogP contribution in [0.15, 0.2) is 40.6 Å². The molecule has 1 aliphatic heterocycles. The van der Waals surface area contributed by atoms with Crippen LogP contribution in [-0.2, 0) is 6.54 Å². The zero-order chi connectivity index (χ0) is 17.2. The van der Waals surface area contributed by atoms with Crippen molar-refractivity contribution in [3.63, 3.8) is 0 Å². The van der Waals surface area contributed by atoms with Gasteiger partial charge in [-0.05, 0) is 55.4 Å². The van der Waals surface area contributed by atoms with Crippen LogP contribution in [0.4, 0.5) is 0 Å². The summed E-state index contributed by atoms with van der Waals surface area (Å²) in [5.41, 5.74) is 1.45. The Labute approximate surface area is 149 Å². The van der Waals surface area contributed by atoms with Gasteiger partial charge in [0.1, 0.15) is 10.5 Å². The third-order valence-electron chi connectivity index (χ3n) is 4.81. The number of hydrogen-bond acceptors (Lipinski definition) is 6. The number of H-pyrrole nitrogens is 1. The minimum absolute atomic E-state index is 0.0598. The monoisotopic (exact) mass is 356 g/mol. The molecule has 0 spiro atoms. The molecule has 0 unspecified atom stereocenters. The van der Waals surface area contributed by atoms with Crippen molar-refractivity contribution in [3.8, 4) is 0 Å². The van der Waals surface area contributed by atoms with Crippen molar-refractivity contribution in [3.05, 3.63) is 57.7 Å². The van der Waals surface area contributed by atoms with E-state index >= 15 is 0 Å². The lowest BCUT2D eigenvalue weighted by molar-refractivity contribution is 0.0533. The van der Waals surface area contributed by atoms with Gasteiger partial charge in [0.25, 0.3) is 5.56 Å². The van der Waals surface area contributed by atoms with Crippen LogP contribution in [0.3, 0.4) is 0 Å². The molecule has 0 radical (unpaired) electrons. The number of aliphatic hydroxyl groups is 1. The number of fused-ring (bicyclic) bond motifs is 1. The lowest BCUT2D eigenvalue weighted by Gasteiger charge is -2.33. The first-order valence-corrected chi connectivity index (χ1v) is 9.36. The minimum Gasteiger partial charge on any atom is -0.387 e. The van der Waals surface area contributed by atoms with E-state index in [1.165, 1.54) is 11.3 Å². The first-order chi connectivity index (χ1) is 12.2. The van der Waals surface area contributed by atoms with E-state index in [0.29, 0.717) is 17.1 Å². The second-order valence-corrected chi connectivity index (χ2v) is 7.38. The Morgan fingerprint density at radius 2 is 2.16 bits per heavy atom. The second-order valence-electron chi connectivity index (χ2n) is 6.46. The predicted molar refractivity (Wildman–Crippen MR) is 97.4 cm³/mol. The van der Waals surface area contributed by atoms with E-state index in [1.807, 2.05) is 29.6 Å². The molecule has 0 saturated carbocycles. The number of thiophene rings is 1. The lowest BCUT2D eigenvalue weighted by atomic mass is 9.89. The molecule has 2 N–H and O–H groups in total. The fraction of sp³-hybridized carbons (Fsp3) is 0.389. The number of rotatable bonds is 4. The highest BCUT2D eigenvalue weighted by Crippen LogP contribution is 2.30. The number of aromatic amines is 1. The molecule has 0 bridgehead atoms. The Morgan fingerprint density at radius 1 is 1.32 bits per heavy atom. The Hall–Kier alpha value is -2.09. The standard InChI is InChI=1S/C18H20N4O2S/c23-16(13-3-1-2-7-19-13)12-4-8-22(9-5-12)11-15-20-14-6-10-25-17(14)18(24)21-15/h1-3,6-7,10,12,16,23H,4-5,8-9,11H2,(H,20,21,24)/t16-/m0/s1. The van der Waals surface area contributed by atoms with E-state index < -0.39 is 6.10 Å². The summed E-state index contributed by atoms with van der Waals surface area (Å²) >= 11 is 1.42. The van der Waals surface area contributed by atoms with Crippen molar-refractivity contribution in [2.75, 3.05) is 13.1 Å². The summed E-state index contributed by atoms with van der Waals surface area (Å²) in [6.45, 7) is 2.38. The molecule has 0 amide bonds. The number of nitrogens with one attached hydrogen (secondary N) is 1. The van der Waals surface area contributed by atoms with Crippen molar-refractivity contribution in [1.29, 1.82) is 0 Å². The minimum atomic E-state index is -0.511. The molecule has 130 valence electrons. The molecule has 4 rings (SSSR count). The Morgan fingerprint density at radius 3 is 2.92 bits per heavy atom. The zero-order valence-corrected chi connectivity index (χ0v) is 14.6. The van der Waals surface area contributed by atoms with Crippen LogP contribution in [0, 0.1) is 5.92 Å². The van der Waals surface area contributed by atoms with Gasteiger partial charge in [-0.15, -0.1) is 11.3 Å². The maximum absolute atomic E-state index is 12.1. The quantitative estimate of drug-likeness (QED) is 0.750. The largest absolute Gasteiger partial charge is 0.387 e. The van der Waals surface area contributed by atoms with Crippen LogP contribution in [0.1, 0.15) is 30.5 Å². The third kappa shape index (κ3) is 3.49. The van der Waals surface area contributed by atoms with E-state index in [9.17, 15) is 9.90 Å². The number of hydrogen-bond donors (Lipinski definition) is 2. The van der Waals surface area contributed by atoms with Gasteiger partial charge in [0.05, 0.1) is 23.9 Å². The molecule has 3 aromatic heterocycles. The summed E-state index contributed by atoms with van der Waals surface area (Å²) in [6, 6.07) is 7.52. The Bertz CT molecular complexity index is 900. The average molecular weight is 356 g/mol. The predicted octanol–water partition coefficient (Wildman–Crippen LogP) is 2.33. The molecule has 0 aliphatic carbocycles. The summed E-state index contributed by atoms with van der Waals surface area (Å²) in [4.78, 5) is 26.0. The van der Waals surface area contributed by atoms with Crippen LogP contribution in [0.5, 0.6) is 0 Å². The molecule has 7 heteroatoms.